The van der Waals surface area contributed by atoms with E-state index < -0.39 is 0 Å². The summed E-state index contributed by atoms with van der Waals surface area (Å²) < 4.78 is 0. The van der Waals surface area contributed by atoms with E-state index in [1.165, 1.54) is 25.5 Å². The number of aromatic nitrogens is 2. The van der Waals surface area contributed by atoms with Crippen molar-refractivity contribution in [3.8, 4) is 0 Å². The Labute approximate surface area is 114 Å². The fourth-order valence-corrected chi connectivity index (χ4v) is 2.32. The summed E-state index contributed by atoms with van der Waals surface area (Å²) in [7, 11) is 0. The van der Waals surface area contributed by atoms with Gasteiger partial charge in [0.2, 0.25) is 0 Å². The van der Waals surface area contributed by atoms with E-state index in [4.69, 9.17) is 0 Å². The maximum atomic E-state index is 12.0. The van der Waals surface area contributed by atoms with Crippen molar-refractivity contribution in [2.24, 2.45) is 0 Å². The van der Waals surface area contributed by atoms with Gasteiger partial charge >= 0.3 is 0 Å². The molecule has 0 bridgehead atoms. The van der Waals surface area contributed by atoms with E-state index in [0.29, 0.717) is 23.6 Å². The molecule has 0 unspecified atom stereocenters. The van der Waals surface area contributed by atoms with Crippen molar-refractivity contribution in [1.29, 1.82) is 0 Å². The molecule has 2 rings (SSSR count). The van der Waals surface area contributed by atoms with Crippen LogP contribution in [0.4, 0.5) is 5.82 Å². The Morgan fingerprint density at radius 2 is 1.95 bits per heavy atom. The number of rotatable bonds is 4. The van der Waals surface area contributed by atoms with Crippen LogP contribution in [0.2, 0.25) is 0 Å². The predicted octanol–water partition coefficient (Wildman–Crippen LogP) is 2.36. The molecule has 1 aromatic heterocycles. The van der Waals surface area contributed by atoms with E-state index in [2.05, 4.69) is 20.6 Å². The molecular weight excluding hydrogens is 240 g/mol. The van der Waals surface area contributed by atoms with E-state index in [9.17, 15) is 4.79 Å². The smallest absolute Gasteiger partial charge is 0.271 e. The van der Waals surface area contributed by atoms with Crippen molar-refractivity contribution in [1.82, 2.24) is 15.3 Å². The number of hydrogen-bond donors (Lipinski definition) is 2. The third-order valence-electron chi connectivity index (χ3n) is 3.26. The van der Waals surface area contributed by atoms with Gasteiger partial charge in [-0.3, -0.25) is 4.79 Å². The molecule has 1 aliphatic rings. The van der Waals surface area contributed by atoms with Gasteiger partial charge in [0.05, 0.1) is 12.4 Å². The summed E-state index contributed by atoms with van der Waals surface area (Å²) in [4.78, 5) is 20.4. The molecule has 104 valence electrons. The molecule has 0 aromatic carbocycles. The Hall–Kier alpha value is -1.65. The summed E-state index contributed by atoms with van der Waals surface area (Å²) >= 11 is 0. The zero-order chi connectivity index (χ0) is 13.7. The minimum Gasteiger partial charge on any atom is -0.367 e. The quantitative estimate of drug-likeness (QED) is 0.874. The number of carbonyl (C=O) groups is 1. The predicted molar refractivity (Wildman–Crippen MR) is 75.1 cm³/mol. The molecule has 0 saturated heterocycles. The molecule has 5 nitrogen and oxygen atoms in total. The van der Waals surface area contributed by atoms with Gasteiger partial charge in [-0.05, 0) is 26.7 Å². The Morgan fingerprint density at radius 3 is 2.53 bits per heavy atom. The molecule has 0 radical (unpaired) electrons. The normalized spacial score (nSPS) is 16.4. The molecule has 1 fully saturated rings. The van der Waals surface area contributed by atoms with Crippen LogP contribution in [0.25, 0.3) is 0 Å². The van der Waals surface area contributed by atoms with Gasteiger partial charge in [0, 0.05) is 12.1 Å². The molecule has 19 heavy (non-hydrogen) atoms. The number of carbonyl (C=O) groups excluding carboxylic acids is 1. The summed E-state index contributed by atoms with van der Waals surface area (Å²) in [6.45, 7) is 4.07. The van der Waals surface area contributed by atoms with Gasteiger partial charge < -0.3 is 10.6 Å². The highest BCUT2D eigenvalue weighted by atomic mass is 16.1. The van der Waals surface area contributed by atoms with Crippen LogP contribution in [0.3, 0.4) is 0 Å². The van der Waals surface area contributed by atoms with Gasteiger partial charge in [-0.1, -0.05) is 19.3 Å². The number of anilines is 1. The van der Waals surface area contributed by atoms with Gasteiger partial charge in [-0.15, -0.1) is 0 Å². The summed E-state index contributed by atoms with van der Waals surface area (Å²) in [5, 5.41) is 6.18. The van der Waals surface area contributed by atoms with Gasteiger partial charge in [0.15, 0.2) is 0 Å². The molecule has 2 N–H and O–H groups in total. The maximum absolute atomic E-state index is 12.0. The highest BCUT2D eigenvalue weighted by Crippen LogP contribution is 2.17. The first-order valence-corrected chi connectivity index (χ1v) is 7.04. The van der Waals surface area contributed by atoms with E-state index in [0.717, 1.165) is 12.8 Å². The lowest BCUT2D eigenvalue weighted by Crippen LogP contribution is -2.36. The molecule has 0 atom stereocenters. The van der Waals surface area contributed by atoms with Gasteiger partial charge in [-0.2, -0.15) is 0 Å². The fourth-order valence-electron chi connectivity index (χ4n) is 2.32. The first-order valence-electron chi connectivity index (χ1n) is 7.04. The van der Waals surface area contributed by atoms with Gasteiger partial charge in [0.1, 0.15) is 11.5 Å². The van der Waals surface area contributed by atoms with Crippen LogP contribution < -0.4 is 10.6 Å². The summed E-state index contributed by atoms with van der Waals surface area (Å²) in [6.07, 6.45) is 8.97. The number of nitrogens with one attached hydrogen (secondary N) is 2. The topological polar surface area (TPSA) is 66.9 Å². The van der Waals surface area contributed by atoms with Crippen LogP contribution in [0.15, 0.2) is 12.4 Å². The lowest BCUT2D eigenvalue weighted by atomic mass is 9.95. The molecule has 1 saturated carbocycles. The Morgan fingerprint density at radius 1 is 1.21 bits per heavy atom. The average molecular weight is 262 g/mol. The van der Waals surface area contributed by atoms with Crippen molar-refractivity contribution >= 4 is 11.7 Å². The Balaban J connectivity index is 1.91. The zero-order valence-corrected chi connectivity index (χ0v) is 11.6. The monoisotopic (exact) mass is 262 g/mol. The van der Waals surface area contributed by atoms with Crippen molar-refractivity contribution in [3.05, 3.63) is 18.1 Å². The second kappa shape index (κ2) is 6.50. The minimum absolute atomic E-state index is 0.115. The van der Waals surface area contributed by atoms with E-state index >= 15 is 0 Å². The largest absolute Gasteiger partial charge is 0.367 e. The molecule has 1 amide bonds. The molecule has 1 aliphatic carbocycles. The summed E-state index contributed by atoms with van der Waals surface area (Å²) in [5.41, 5.74) is 0.389. The Bertz CT molecular complexity index is 410. The molecule has 0 aliphatic heterocycles. The van der Waals surface area contributed by atoms with Crippen LogP contribution in [0, 0.1) is 0 Å². The average Bonchev–Trinajstić information content (AvgIpc) is 2.40. The molecular formula is C14H22N4O. The zero-order valence-electron chi connectivity index (χ0n) is 11.6. The first-order chi connectivity index (χ1) is 9.15. The number of nitrogens with zero attached hydrogens (tertiary/aromatic N) is 2. The standard InChI is InChI=1S/C14H22N4O/c1-10(2)17-13-9-15-12(8-16-13)14(19)18-11-6-4-3-5-7-11/h8-11H,3-7H2,1-2H3,(H,16,17)(H,18,19). The number of hydrogen-bond acceptors (Lipinski definition) is 4. The summed E-state index contributed by atoms with van der Waals surface area (Å²) in [6, 6.07) is 0.604. The molecule has 5 heteroatoms. The lowest BCUT2D eigenvalue weighted by Gasteiger charge is -2.22. The highest BCUT2D eigenvalue weighted by Gasteiger charge is 2.17. The fraction of sp³-hybridized carbons (Fsp3) is 0.643. The second-order valence-corrected chi connectivity index (χ2v) is 5.39. The van der Waals surface area contributed by atoms with Gasteiger partial charge in [0.25, 0.3) is 5.91 Å². The van der Waals surface area contributed by atoms with Crippen molar-refractivity contribution in [2.75, 3.05) is 5.32 Å². The van der Waals surface area contributed by atoms with Crippen LogP contribution >= 0.6 is 0 Å². The maximum Gasteiger partial charge on any atom is 0.271 e. The van der Waals surface area contributed by atoms with Crippen molar-refractivity contribution in [3.63, 3.8) is 0 Å². The third kappa shape index (κ3) is 4.19. The van der Waals surface area contributed by atoms with Crippen molar-refractivity contribution in [2.45, 2.75) is 58.0 Å². The van der Waals surface area contributed by atoms with E-state index in [1.54, 1.807) is 6.20 Å². The lowest BCUT2D eigenvalue weighted by molar-refractivity contribution is 0.0922. The first kappa shape index (κ1) is 13.8. The SMILES string of the molecule is CC(C)Nc1cnc(C(=O)NC2CCCCC2)cn1. The van der Waals surface area contributed by atoms with E-state index in [1.807, 2.05) is 13.8 Å². The Kier molecular flexibility index (Phi) is 4.71. The highest BCUT2D eigenvalue weighted by molar-refractivity contribution is 5.92. The molecule has 1 aromatic rings. The van der Waals surface area contributed by atoms with Crippen LogP contribution in [-0.4, -0.2) is 28.0 Å². The summed E-state index contributed by atoms with van der Waals surface area (Å²) in [5.74, 6) is 0.583. The van der Waals surface area contributed by atoms with Crippen LogP contribution in [0.1, 0.15) is 56.4 Å². The van der Waals surface area contributed by atoms with Gasteiger partial charge in [-0.25, -0.2) is 9.97 Å². The van der Waals surface area contributed by atoms with Crippen molar-refractivity contribution < 1.29 is 4.79 Å². The molecule has 1 heterocycles. The van der Waals surface area contributed by atoms with Crippen LogP contribution in [-0.2, 0) is 0 Å². The van der Waals surface area contributed by atoms with Crippen LogP contribution in [0.5, 0.6) is 0 Å². The second-order valence-electron chi connectivity index (χ2n) is 5.39. The van der Waals surface area contributed by atoms with E-state index in [-0.39, 0.29) is 5.91 Å². The minimum atomic E-state index is -0.115. The number of amides is 1. The molecule has 0 spiro atoms. The third-order valence-corrected chi connectivity index (χ3v) is 3.26.